The Morgan fingerprint density at radius 1 is 0.889 bits per heavy atom. The molecular formula is C43H37Cl2N7O2. The fourth-order valence-electron chi connectivity index (χ4n) is 8.16. The lowest BCUT2D eigenvalue weighted by Gasteiger charge is -2.39. The molecule has 2 unspecified atom stereocenters. The van der Waals surface area contributed by atoms with Crippen LogP contribution in [0.25, 0.3) is 22.2 Å². The molecule has 9 rings (SSSR count). The second-order valence-corrected chi connectivity index (χ2v) is 14.8. The maximum absolute atomic E-state index is 14.8. The van der Waals surface area contributed by atoms with Crippen molar-refractivity contribution in [2.24, 2.45) is 5.92 Å². The van der Waals surface area contributed by atoms with Gasteiger partial charge in [0.05, 0.1) is 17.4 Å². The van der Waals surface area contributed by atoms with Crippen LogP contribution in [0.2, 0.25) is 10.0 Å². The number of halogens is 2. The fourth-order valence-corrected chi connectivity index (χ4v) is 8.51. The topological polar surface area (TPSA) is 99.3 Å². The Bertz CT molecular complexity index is 2410. The molecule has 0 aliphatic carbocycles. The van der Waals surface area contributed by atoms with Crippen molar-refractivity contribution in [1.82, 2.24) is 24.8 Å². The zero-order valence-corrected chi connectivity index (χ0v) is 31.1. The standard InChI is InChI=1S/C43H37Cl2N7O2/c1-26-8-6-21-52-39(28-12-14-29(44)15-13-28)32-24-30(45)25-34-36(32)37(40(52)35(26)27-9-3-2-4-10-27)38(49-34)42(53)50-33-11-5-18-46-41(33)51-22-16-31(17-23-51)54-43-47-19-7-20-48-43/h2-7,9-15,18-21,24-26,31,39,49H,8,16-17,22-23H2,1H3,(H,50,53). The van der Waals surface area contributed by atoms with E-state index in [2.05, 4.69) is 85.7 Å². The van der Waals surface area contributed by atoms with Crippen molar-refractivity contribution in [3.63, 3.8) is 0 Å². The summed E-state index contributed by atoms with van der Waals surface area (Å²) in [7, 11) is 0. The molecule has 2 N–H and O–H groups in total. The lowest BCUT2D eigenvalue weighted by Crippen LogP contribution is -2.39. The van der Waals surface area contributed by atoms with E-state index >= 15 is 0 Å². The monoisotopic (exact) mass is 753 g/mol. The molecule has 0 saturated carbocycles. The highest BCUT2D eigenvalue weighted by atomic mass is 35.5. The van der Waals surface area contributed by atoms with Crippen LogP contribution >= 0.6 is 23.2 Å². The number of carbonyl (C=O) groups is 1. The van der Waals surface area contributed by atoms with Crippen LogP contribution in [-0.4, -0.2) is 49.9 Å². The number of benzene rings is 3. The molecule has 6 heterocycles. The van der Waals surface area contributed by atoms with Gasteiger partial charge in [0.1, 0.15) is 11.8 Å². The molecule has 3 aromatic heterocycles. The van der Waals surface area contributed by atoms with Gasteiger partial charge in [-0.1, -0.05) is 78.7 Å². The zero-order chi connectivity index (χ0) is 36.8. The van der Waals surface area contributed by atoms with Crippen LogP contribution in [0.5, 0.6) is 6.01 Å². The number of nitrogens with zero attached hydrogens (tertiary/aromatic N) is 5. The molecular weight excluding hydrogens is 717 g/mol. The highest BCUT2D eigenvalue weighted by Gasteiger charge is 2.40. The number of rotatable bonds is 7. The van der Waals surface area contributed by atoms with Crippen molar-refractivity contribution < 1.29 is 9.53 Å². The number of aromatic nitrogens is 4. The molecule has 2 atom stereocenters. The van der Waals surface area contributed by atoms with Crippen LogP contribution in [0.1, 0.15) is 65.0 Å². The molecule has 6 aromatic rings. The summed E-state index contributed by atoms with van der Waals surface area (Å²) in [4.78, 5) is 36.1. The number of piperidine rings is 1. The van der Waals surface area contributed by atoms with Crippen molar-refractivity contribution in [3.8, 4) is 6.01 Å². The Balaban J connectivity index is 1.15. The first kappa shape index (κ1) is 34.1. The maximum atomic E-state index is 14.8. The highest BCUT2D eigenvalue weighted by molar-refractivity contribution is 6.32. The molecule has 1 amide bonds. The number of amides is 1. The summed E-state index contributed by atoms with van der Waals surface area (Å²) < 4.78 is 6.04. The van der Waals surface area contributed by atoms with Gasteiger partial charge in [0.2, 0.25) is 0 Å². The van der Waals surface area contributed by atoms with Crippen molar-refractivity contribution in [1.29, 1.82) is 0 Å². The van der Waals surface area contributed by atoms with Gasteiger partial charge in [0, 0.05) is 77.2 Å². The predicted molar refractivity (Wildman–Crippen MR) is 215 cm³/mol. The lowest BCUT2D eigenvalue weighted by atomic mass is 9.82. The van der Waals surface area contributed by atoms with E-state index in [0.29, 0.717) is 46.3 Å². The van der Waals surface area contributed by atoms with Crippen LogP contribution < -0.4 is 15.0 Å². The molecule has 270 valence electrons. The number of pyridine rings is 1. The number of hydrogen-bond donors (Lipinski definition) is 2. The van der Waals surface area contributed by atoms with Gasteiger partial charge < -0.3 is 24.8 Å². The van der Waals surface area contributed by atoms with E-state index in [9.17, 15) is 4.79 Å². The number of ether oxygens (including phenoxy) is 1. The molecule has 1 saturated heterocycles. The number of H-pyrrole nitrogens is 1. The molecule has 3 aromatic carbocycles. The summed E-state index contributed by atoms with van der Waals surface area (Å²) in [6, 6.07) is 28.1. The summed E-state index contributed by atoms with van der Waals surface area (Å²) in [5.74, 6) is 0.616. The van der Waals surface area contributed by atoms with Crippen molar-refractivity contribution in [2.45, 2.75) is 38.3 Å². The summed E-state index contributed by atoms with van der Waals surface area (Å²) >= 11 is 13.3. The Labute approximate surface area is 323 Å². The van der Waals surface area contributed by atoms with E-state index in [1.54, 1.807) is 24.7 Å². The third kappa shape index (κ3) is 6.27. The molecule has 3 aliphatic heterocycles. The number of hydrogen-bond acceptors (Lipinski definition) is 7. The van der Waals surface area contributed by atoms with Gasteiger partial charge in [-0.3, -0.25) is 4.79 Å². The summed E-state index contributed by atoms with van der Waals surface area (Å²) in [5.41, 5.74) is 8.09. The molecule has 54 heavy (non-hydrogen) atoms. The molecule has 9 nitrogen and oxygen atoms in total. The molecule has 11 heteroatoms. The zero-order valence-electron chi connectivity index (χ0n) is 29.5. The molecule has 1 fully saturated rings. The van der Waals surface area contributed by atoms with Gasteiger partial charge in [-0.15, -0.1) is 0 Å². The highest BCUT2D eigenvalue weighted by Crippen LogP contribution is 2.53. The van der Waals surface area contributed by atoms with Gasteiger partial charge in [-0.2, -0.15) is 0 Å². The number of allylic oxidation sites excluding steroid dienone is 2. The predicted octanol–water partition coefficient (Wildman–Crippen LogP) is 9.79. The Kier molecular flexibility index (Phi) is 9.04. The van der Waals surface area contributed by atoms with Crippen molar-refractivity contribution in [2.75, 3.05) is 23.3 Å². The molecule has 0 radical (unpaired) electrons. The third-order valence-corrected chi connectivity index (χ3v) is 11.0. The van der Waals surface area contributed by atoms with Crippen LogP contribution in [0.4, 0.5) is 11.5 Å². The second kappa shape index (κ2) is 14.3. The minimum absolute atomic E-state index is 0.00591. The van der Waals surface area contributed by atoms with E-state index in [-0.39, 0.29) is 24.0 Å². The molecule has 0 bridgehead atoms. The minimum atomic E-state index is -0.261. The van der Waals surface area contributed by atoms with Crippen LogP contribution in [-0.2, 0) is 0 Å². The Hall–Kier alpha value is -5.64. The van der Waals surface area contributed by atoms with Gasteiger partial charge >= 0.3 is 6.01 Å². The third-order valence-electron chi connectivity index (χ3n) is 10.6. The first-order chi connectivity index (χ1) is 26.4. The van der Waals surface area contributed by atoms with E-state index < -0.39 is 0 Å². The van der Waals surface area contributed by atoms with Gasteiger partial charge in [0.15, 0.2) is 5.82 Å². The first-order valence-electron chi connectivity index (χ1n) is 18.2. The van der Waals surface area contributed by atoms with E-state index in [1.165, 1.54) is 5.57 Å². The van der Waals surface area contributed by atoms with Gasteiger partial charge in [0.25, 0.3) is 5.91 Å². The lowest BCUT2D eigenvalue weighted by molar-refractivity contribution is 0.102. The Morgan fingerprint density at radius 2 is 1.65 bits per heavy atom. The number of nitrogens with one attached hydrogen (secondary N) is 2. The fraction of sp³-hybridized carbons (Fsp3) is 0.209. The number of aromatic amines is 1. The average Bonchev–Trinajstić information content (AvgIpc) is 3.48. The van der Waals surface area contributed by atoms with E-state index in [0.717, 1.165) is 58.1 Å². The van der Waals surface area contributed by atoms with Gasteiger partial charge in [-0.25, -0.2) is 15.0 Å². The summed E-state index contributed by atoms with van der Waals surface area (Å²) in [5, 5.41) is 5.49. The van der Waals surface area contributed by atoms with E-state index in [4.69, 9.17) is 32.9 Å². The molecule has 3 aliphatic rings. The summed E-state index contributed by atoms with van der Waals surface area (Å²) in [6.07, 6.45) is 11.9. The molecule has 0 spiro atoms. The van der Waals surface area contributed by atoms with Crippen molar-refractivity contribution >= 4 is 62.8 Å². The summed E-state index contributed by atoms with van der Waals surface area (Å²) in [6.45, 7) is 3.66. The number of carbonyl (C=O) groups excluding carboxylic acids is 1. The first-order valence-corrected chi connectivity index (χ1v) is 19.0. The number of fused-ring (bicyclic) bond motifs is 2. The Morgan fingerprint density at radius 3 is 2.43 bits per heavy atom. The average molecular weight is 755 g/mol. The van der Waals surface area contributed by atoms with E-state index in [1.807, 2.05) is 42.5 Å². The second-order valence-electron chi connectivity index (χ2n) is 14.0. The van der Waals surface area contributed by atoms with Crippen molar-refractivity contribution in [3.05, 3.63) is 154 Å². The van der Waals surface area contributed by atoms with Gasteiger partial charge in [-0.05, 0) is 77.1 Å². The smallest absolute Gasteiger partial charge is 0.316 e. The van der Waals surface area contributed by atoms with Crippen LogP contribution in [0, 0.1) is 5.92 Å². The maximum Gasteiger partial charge on any atom is 0.316 e. The SMILES string of the molecule is CC1CC=CN2C(=C1c1ccccc1)c1c(C(=O)Nc3cccnc3N3CCC(Oc4ncccn4)CC3)[nH]c3cc(Cl)cc(c13)C2c1ccc(Cl)cc1. The quantitative estimate of drug-likeness (QED) is 0.168. The normalized spacial score (nSPS) is 18.4. The largest absolute Gasteiger partial charge is 0.460 e. The number of anilines is 2. The van der Waals surface area contributed by atoms with Crippen LogP contribution in [0.15, 0.2) is 116 Å². The van der Waals surface area contributed by atoms with Crippen LogP contribution in [0.3, 0.4) is 0 Å². The minimum Gasteiger partial charge on any atom is -0.460 e.